The van der Waals surface area contributed by atoms with E-state index in [1.807, 2.05) is 24.3 Å². The second-order valence-electron chi connectivity index (χ2n) is 4.76. The predicted molar refractivity (Wildman–Crippen MR) is 92.7 cm³/mol. The largest absolute Gasteiger partial charge is 0.364 e. The minimum Gasteiger partial charge on any atom is -0.305 e. The molecule has 23 heavy (non-hydrogen) atoms. The van der Waals surface area contributed by atoms with Crippen LogP contribution in [0.5, 0.6) is 0 Å². The summed E-state index contributed by atoms with van der Waals surface area (Å²) < 4.78 is 24.2. The maximum atomic E-state index is 13.3. The van der Waals surface area contributed by atoms with Crippen LogP contribution in [0.1, 0.15) is 25.0 Å². The molecular formula is C18H20NO3P. The third kappa shape index (κ3) is 4.11. The van der Waals surface area contributed by atoms with Crippen LogP contribution < -0.4 is 5.73 Å². The van der Waals surface area contributed by atoms with Crippen molar-refractivity contribution in [1.29, 1.82) is 0 Å². The van der Waals surface area contributed by atoms with Crippen molar-refractivity contribution in [2.24, 2.45) is 0 Å². The molecule has 0 saturated carbocycles. The molecule has 2 aromatic rings. The van der Waals surface area contributed by atoms with Crippen molar-refractivity contribution in [3.63, 3.8) is 0 Å². The molecule has 0 saturated heterocycles. The van der Waals surface area contributed by atoms with Gasteiger partial charge in [0.25, 0.3) is 0 Å². The van der Waals surface area contributed by atoms with Crippen LogP contribution in [0.3, 0.4) is 0 Å². The van der Waals surface area contributed by atoms with Crippen LogP contribution in [0.2, 0.25) is 0 Å². The Morgan fingerprint density at radius 3 is 1.74 bits per heavy atom. The lowest BCUT2D eigenvalue weighted by Crippen LogP contribution is -2.02. The smallest absolute Gasteiger partial charge is 0.305 e. The van der Waals surface area contributed by atoms with Gasteiger partial charge in [0.15, 0.2) is 0 Å². The van der Waals surface area contributed by atoms with Gasteiger partial charge in [-0.2, -0.15) is 0 Å². The first-order valence-corrected chi connectivity index (χ1v) is 9.10. The molecule has 0 aliphatic heterocycles. The molecule has 0 aromatic heterocycles. The lowest BCUT2D eigenvalue weighted by molar-refractivity contribution is 0.230. The summed E-state index contributed by atoms with van der Waals surface area (Å²) in [5.74, 6) is 0. The quantitative estimate of drug-likeness (QED) is 0.539. The number of benzene rings is 2. The van der Waals surface area contributed by atoms with Crippen molar-refractivity contribution in [1.82, 2.24) is 5.73 Å². The van der Waals surface area contributed by atoms with E-state index in [4.69, 9.17) is 9.05 Å². The zero-order valence-electron chi connectivity index (χ0n) is 13.3. The molecule has 0 amide bonds. The van der Waals surface area contributed by atoms with E-state index in [9.17, 15) is 10.3 Å². The van der Waals surface area contributed by atoms with Gasteiger partial charge in [-0.1, -0.05) is 60.7 Å². The van der Waals surface area contributed by atoms with Crippen molar-refractivity contribution in [3.05, 3.63) is 71.8 Å². The van der Waals surface area contributed by atoms with Gasteiger partial charge < -0.3 is 9.05 Å². The summed E-state index contributed by atoms with van der Waals surface area (Å²) in [6.07, 6.45) is 0. The van der Waals surface area contributed by atoms with Crippen LogP contribution in [0, 0.1) is 0 Å². The third-order valence-corrected chi connectivity index (χ3v) is 5.40. The monoisotopic (exact) mass is 329 g/mol. The number of hydrogen-bond acceptors (Lipinski definition) is 3. The van der Waals surface area contributed by atoms with Crippen LogP contribution in [0.4, 0.5) is 0 Å². The fraction of sp³-hybridized carbons (Fsp3) is 0.222. The van der Waals surface area contributed by atoms with E-state index >= 15 is 0 Å². The van der Waals surface area contributed by atoms with Crippen LogP contribution >= 0.6 is 7.60 Å². The van der Waals surface area contributed by atoms with Crippen molar-refractivity contribution < 1.29 is 13.6 Å². The molecule has 0 bridgehead atoms. The highest BCUT2D eigenvalue weighted by Gasteiger charge is 2.34. The van der Waals surface area contributed by atoms with Gasteiger partial charge >= 0.3 is 7.60 Å². The van der Waals surface area contributed by atoms with Gasteiger partial charge in [-0.05, 0) is 19.4 Å². The summed E-state index contributed by atoms with van der Waals surface area (Å²) in [7, 11) is -3.64. The molecule has 0 aliphatic carbocycles. The van der Waals surface area contributed by atoms with Crippen LogP contribution in [0.15, 0.2) is 60.7 Å². The van der Waals surface area contributed by atoms with Crippen molar-refractivity contribution in [2.75, 3.05) is 13.2 Å². The summed E-state index contributed by atoms with van der Waals surface area (Å²) in [5, 5.41) is 0.188. The summed E-state index contributed by atoms with van der Waals surface area (Å²) in [4.78, 5) is 0. The topological polar surface area (TPSA) is 57.8 Å². The average molecular weight is 329 g/mol. The minimum absolute atomic E-state index is 0.0953. The Morgan fingerprint density at radius 2 is 1.30 bits per heavy atom. The predicted octanol–water partition coefficient (Wildman–Crippen LogP) is 4.85. The fourth-order valence-electron chi connectivity index (χ4n) is 2.26. The molecule has 2 radical (unpaired) electrons. The van der Waals surface area contributed by atoms with Gasteiger partial charge in [0.2, 0.25) is 0 Å². The molecule has 120 valence electrons. The fourth-order valence-corrected chi connectivity index (χ4v) is 4.13. The van der Waals surface area contributed by atoms with E-state index in [1.165, 1.54) is 0 Å². The lowest BCUT2D eigenvalue weighted by atomic mass is 10.1. The molecular weight excluding hydrogens is 309 g/mol. The Bertz CT molecular complexity index is 689. The summed E-state index contributed by atoms with van der Waals surface area (Å²) in [6, 6.07) is 18.0. The highest BCUT2D eigenvalue weighted by Crippen LogP contribution is 2.62. The maximum Gasteiger partial charge on any atom is 0.364 e. The molecule has 0 aliphatic rings. The van der Waals surface area contributed by atoms with Gasteiger partial charge in [0, 0.05) is 5.56 Å². The van der Waals surface area contributed by atoms with E-state index in [1.54, 1.807) is 50.2 Å². The van der Waals surface area contributed by atoms with Crippen molar-refractivity contribution in [3.8, 4) is 0 Å². The molecule has 4 nitrogen and oxygen atoms in total. The van der Waals surface area contributed by atoms with E-state index in [-0.39, 0.29) is 24.2 Å². The molecule has 2 aromatic carbocycles. The van der Waals surface area contributed by atoms with Gasteiger partial charge in [-0.25, -0.2) is 0 Å². The molecule has 0 N–H and O–H groups in total. The highest BCUT2D eigenvalue weighted by molar-refractivity contribution is 7.65. The van der Waals surface area contributed by atoms with Gasteiger partial charge in [-0.3, -0.25) is 4.57 Å². The Morgan fingerprint density at radius 1 is 0.870 bits per heavy atom. The third-order valence-electron chi connectivity index (χ3n) is 3.19. The van der Waals surface area contributed by atoms with Gasteiger partial charge in [0.1, 0.15) is 5.70 Å². The Kier molecular flexibility index (Phi) is 6.17. The molecule has 5 heteroatoms. The zero-order chi connectivity index (χ0) is 16.7. The number of hydrogen-bond donors (Lipinski definition) is 0. The molecule has 0 spiro atoms. The van der Waals surface area contributed by atoms with E-state index < -0.39 is 7.60 Å². The van der Waals surface area contributed by atoms with Crippen LogP contribution in [-0.4, -0.2) is 13.2 Å². The zero-order valence-corrected chi connectivity index (χ0v) is 14.2. The second-order valence-corrected chi connectivity index (χ2v) is 6.72. The number of nitrogens with zero attached hydrogens (tertiary/aromatic N) is 1. The van der Waals surface area contributed by atoms with Gasteiger partial charge in [0.05, 0.1) is 18.5 Å². The highest BCUT2D eigenvalue weighted by atomic mass is 31.2. The summed E-state index contributed by atoms with van der Waals surface area (Å²) in [6.45, 7) is 3.92. The lowest BCUT2D eigenvalue weighted by Gasteiger charge is -2.21. The molecule has 0 fully saturated rings. The Balaban J connectivity index is 2.68. The molecule has 2 rings (SSSR count). The minimum atomic E-state index is -3.64. The van der Waals surface area contributed by atoms with Gasteiger partial charge in [-0.15, -0.1) is 5.73 Å². The summed E-state index contributed by atoms with van der Waals surface area (Å²) >= 11 is 0. The SMILES string of the molecule is CCOP(=O)(OCC)/C(=C(\[N])c1ccccc1)c1ccccc1. The van der Waals surface area contributed by atoms with E-state index in [2.05, 4.69) is 0 Å². The first-order valence-electron chi connectivity index (χ1n) is 7.56. The van der Waals surface area contributed by atoms with E-state index in [0.717, 1.165) is 0 Å². The average Bonchev–Trinajstić information content (AvgIpc) is 2.57. The van der Waals surface area contributed by atoms with Crippen molar-refractivity contribution >= 4 is 18.6 Å². The van der Waals surface area contributed by atoms with E-state index in [0.29, 0.717) is 11.1 Å². The molecule has 0 unspecified atom stereocenters. The molecule has 0 heterocycles. The normalized spacial score (nSPS) is 12.8. The summed E-state index contributed by atoms with van der Waals surface area (Å²) in [5.41, 5.74) is 11.8. The first-order chi connectivity index (χ1) is 11.1. The Hall–Kier alpha value is -1.87. The van der Waals surface area contributed by atoms with Crippen LogP contribution in [0.25, 0.3) is 11.0 Å². The van der Waals surface area contributed by atoms with Crippen molar-refractivity contribution in [2.45, 2.75) is 13.8 Å². The first kappa shape index (κ1) is 17.5. The Labute approximate surface area is 137 Å². The van der Waals surface area contributed by atoms with Crippen LogP contribution in [-0.2, 0) is 13.6 Å². The maximum absolute atomic E-state index is 13.3. The molecule has 0 atom stereocenters. The standard InChI is InChI=1S/C18H20NO3P/c1-3-21-23(20,22-4-2)18(16-13-9-6-10-14-16)17(19)15-11-7-5-8-12-15/h5-14H,3-4H2,1-2H3/b18-17-. The number of rotatable bonds is 7. The second kappa shape index (κ2) is 8.11.